The first-order valence-corrected chi connectivity index (χ1v) is 9.98. The molecule has 0 unspecified atom stereocenters. The zero-order valence-corrected chi connectivity index (χ0v) is 17.8. The number of benzene rings is 2. The van der Waals surface area contributed by atoms with Gasteiger partial charge in [-0.3, -0.25) is 9.69 Å². The summed E-state index contributed by atoms with van der Waals surface area (Å²) < 4.78 is 24.9. The van der Waals surface area contributed by atoms with Gasteiger partial charge in [-0.05, 0) is 55.8 Å². The van der Waals surface area contributed by atoms with Crippen LogP contribution < -0.4 is 14.4 Å². The number of thiocarbonyl (C=S) groups is 1. The lowest BCUT2D eigenvalue weighted by molar-refractivity contribution is -0.113. The molecule has 0 atom stereocenters. The minimum Gasteiger partial charge on any atom is -0.493 e. The molecule has 28 heavy (non-hydrogen) atoms. The van der Waals surface area contributed by atoms with Crippen molar-refractivity contribution in [3.05, 3.63) is 57.7 Å². The van der Waals surface area contributed by atoms with Gasteiger partial charge in [0.2, 0.25) is 0 Å². The van der Waals surface area contributed by atoms with Crippen LogP contribution in [-0.4, -0.2) is 23.4 Å². The fourth-order valence-corrected chi connectivity index (χ4v) is 4.06. The van der Waals surface area contributed by atoms with E-state index >= 15 is 0 Å². The SMILES string of the molecule is COc1cc(/C=C2\SC(=S)N(c3ccc(F)c(Cl)c3)C2=O)ccc1OC(C)C. The van der Waals surface area contributed by atoms with Gasteiger partial charge in [-0.15, -0.1) is 0 Å². The summed E-state index contributed by atoms with van der Waals surface area (Å²) in [5.74, 6) is 0.354. The molecule has 4 nitrogen and oxygen atoms in total. The Morgan fingerprint density at radius 2 is 1.96 bits per heavy atom. The van der Waals surface area contributed by atoms with Crippen molar-refractivity contribution in [1.82, 2.24) is 0 Å². The van der Waals surface area contributed by atoms with E-state index in [1.165, 1.54) is 34.9 Å². The van der Waals surface area contributed by atoms with Crippen LogP contribution in [0.4, 0.5) is 10.1 Å². The van der Waals surface area contributed by atoms with Crippen LogP contribution >= 0.6 is 35.6 Å². The molecule has 1 fully saturated rings. The van der Waals surface area contributed by atoms with E-state index in [2.05, 4.69) is 0 Å². The zero-order chi connectivity index (χ0) is 20.4. The highest BCUT2D eigenvalue weighted by Crippen LogP contribution is 2.38. The minimum absolute atomic E-state index is 0.0125. The Hall–Kier alpha value is -2.09. The second-order valence-electron chi connectivity index (χ2n) is 6.19. The third-order valence-electron chi connectivity index (χ3n) is 3.80. The van der Waals surface area contributed by atoms with Crippen molar-refractivity contribution in [3.63, 3.8) is 0 Å². The minimum atomic E-state index is -0.554. The van der Waals surface area contributed by atoms with Crippen LogP contribution in [-0.2, 0) is 4.79 Å². The first-order chi connectivity index (χ1) is 13.3. The molecule has 1 heterocycles. The van der Waals surface area contributed by atoms with E-state index in [9.17, 15) is 9.18 Å². The number of hydrogen-bond acceptors (Lipinski definition) is 5. The molecule has 3 rings (SSSR count). The standard InChI is InChI=1S/C20H17ClFNO3S2/c1-11(2)26-16-7-4-12(8-17(16)25-3)9-18-19(24)23(20(27)28-18)13-5-6-15(22)14(21)10-13/h4-11H,1-3H3/b18-9-. The third kappa shape index (κ3) is 4.32. The molecule has 0 spiro atoms. The van der Waals surface area contributed by atoms with Crippen LogP contribution in [0.5, 0.6) is 11.5 Å². The normalized spacial score (nSPS) is 15.6. The van der Waals surface area contributed by atoms with Crippen molar-refractivity contribution in [1.29, 1.82) is 0 Å². The van der Waals surface area contributed by atoms with Crippen LogP contribution in [0.15, 0.2) is 41.3 Å². The van der Waals surface area contributed by atoms with Gasteiger partial charge in [0, 0.05) is 0 Å². The first-order valence-electron chi connectivity index (χ1n) is 8.38. The van der Waals surface area contributed by atoms with Crippen LogP contribution in [0.2, 0.25) is 5.02 Å². The number of rotatable bonds is 5. The van der Waals surface area contributed by atoms with Gasteiger partial charge >= 0.3 is 0 Å². The van der Waals surface area contributed by atoms with E-state index in [0.717, 1.165) is 5.56 Å². The summed E-state index contributed by atoms with van der Waals surface area (Å²) in [6.45, 7) is 3.86. The number of carbonyl (C=O) groups is 1. The molecule has 0 bridgehead atoms. The number of methoxy groups -OCH3 is 1. The summed E-state index contributed by atoms with van der Waals surface area (Å²) in [5.41, 5.74) is 1.20. The Morgan fingerprint density at radius 3 is 2.61 bits per heavy atom. The lowest BCUT2D eigenvalue weighted by Crippen LogP contribution is -2.27. The molecule has 1 saturated heterocycles. The molecule has 1 aliphatic rings. The number of thioether (sulfide) groups is 1. The third-order valence-corrected chi connectivity index (χ3v) is 5.40. The Bertz CT molecular complexity index is 978. The number of halogens is 2. The van der Waals surface area contributed by atoms with Gasteiger partial charge in [0.1, 0.15) is 5.82 Å². The van der Waals surface area contributed by atoms with E-state index in [1.54, 1.807) is 25.3 Å². The Balaban J connectivity index is 1.90. The highest BCUT2D eigenvalue weighted by molar-refractivity contribution is 8.27. The molecule has 8 heteroatoms. The van der Waals surface area contributed by atoms with Gasteiger partial charge < -0.3 is 9.47 Å². The van der Waals surface area contributed by atoms with Crippen LogP contribution in [0, 0.1) is 5.82 Å². The first kappa shape index (κ1) is 20.6. The molecular weight excluding hydrogens is 421 g/mol. The maximum Gasteiger partial charge on any atom is 0.270 e. The fourth-order valence-electron chi connectivity index (χ4n) is 2.59. The number of hydrogen-bond donors (Lipinski definition) is 0. The van der Waals surface area contributed by atoms with Gasteiger partial charge in [0.05, 0.1) is 28.8 Å². The van der Waals surface area contributed by atoms with E-state index in [-0.39, 0.29) is 17.0 Å². The van der Waals surface area contributed by atoms with E-state index in [1.807, 2.05) is 19.9 Å². The fraction of sp³-hybridized carbons (Fsp3) is 0.200. The molecule has 0 N–H and O–H groups in total. The van der Waals surface area contributed by atoms with Crippen molar-refractivity contribution < 1.29 is 18.7 Å². The number of carbonyl (C=O) groups excluding carboxylic acids is 1. The predicted molar refractivity (Wildman–Crippen MR) is 116 cm³/mol. The monoisotopic (exact) mass is 437 g/mol. The maximum absolute atomic E-state index is 13.4. The predicted octanol–water partition coefficient (Wildman–Crippen LogP) is 5.68. The summed E-state index contributed by atoms with van der Waals surface area (Å²) >= 11 is 12.3. The molecular formula is C20H17ClFNO3S2. The van der Waals surface area contributed by atoms with Gasteiger partial charge in [-0.2, -0.15) is 0 Å². The highest BCUT2D eigenvalue weighted by atomic mass is 35.5. The van der Waals surface area contributed by atoms with Crippen molar-refractivity contribution in [2.24, 2.45) is 0 Å². The Kier molecular flexibility index (Phi) is 6.27. The average molecular weight is 438 g/mol. The van der Waals surface area contributed by atoms with Gasteiger partial charge in [-0.1, -0.05) is 41.6 Å². The van der Waals surface area contributed by atoms with E-state index in [0.29, 0.717) is 26.4 Å². The summed E-state index contributed by atoms with van der Waals surface area (Å²) in [6.07, 6.45) is 1.74. The van der Waals surface area contributed by atoms with Crippen LogP contribution in [0.3, 0.4) is 0 Å². The molecule has 146 valence electrons. The summed E-state index contributed by atoms with van der Waals surface area (Å²) in [7, 11) is 1.56. The molecule has 2 aromatic rings. The van der Waals surface area contributed by atoms with Crippen molar-refractivity contribution in [2.45, 2.75) is 20.0 Å². The molecule has 0 aliphatic carbocycles. The second-order valence-corrected chi connectivity index (χ2v) is 8.28. The zero-order valence-electron chi connectivity index (χ0n) is 15.4. The maximum atomic E-state index is 13.4. The number of anilines is 1. The van der Waals surface area contributed by atoms with E-state index in [4.69, 9.17) is 33.3 Å². The highest BCUT2D eigenvalue weighted by Gasteiger charge is 2.33. The summed E-state index contributed by atoms with van der Waals surface area (Å²) in [5, 5.41) is -0.0685. The molecule has 0 saturated carbocycles. The molecule has 1 aliphatic heterocycles. The van der Waals surface area contributed by atoms with Gasteiger partial charge in [0.25, 0.3) is 5.91 Å². The molecule has 0 aromatic heterocycles. The molecule has 0 radical (unpaired) electrons. The van der Waals surface area contributed by atoms with Crippen molar-refractivity contribution >= 4 is 57.6 Å². The largest absolute Gasteiger partial charge is 0.493 e. The second kappa shape index (κ2) is 8.51. The van der Waals surface area contributed by atoms with Crippen LogP contribution in [0.25, 0.3) is 6.08 Å². The summed E-state index contributed by atoms with van der Waals surface area (Å²) in [4.78, 5) is 14.6. The summed E-state index contributed by atoms with van der Waals surface area (Å²) in [6, 6.07) is 9.48. The van der Waals surface area contributed by atoms with Crippen molar-refractivity contribution in [3.8, 4) is 11.5 Å². The quantitative estimate of drug-likeness (QED) is 0.444. The van der Waals surface area contributed by atoms with Crippen molar-refractivity contribution in [2.75, 3.05) is 12.0 Å². The Morgan fingerprint density at radius 1 is 1.21 bits per heavy atom. The van der Waals surface area contributed by atoms with Gasteiger partial charge in [-0.25, -0.2) is 4.39 Å². The Labute approximate surface area is 177 Å². The number of ether oxygens (including phenoxy) is 2. The lowest BCUT2D eigenvalue weighted by Gasteiger charge is -2.15. The molecule has 1 amide bonds. The smallest absolute Gasteiger partial charge is 0.270 e. The number of nitrogens with zero attached hydrogens (tertiary/aromatic N) is 1. The average Bonchev–Trinajstić information content (AvgIpc) is 2.92. The van der Waals surface area contributed by atoms with Gasteiger partial charge in [0.15, 0.2) is 15.8 Å². The van der Waals surface area contributed by atoms with Crippen LogP contribution in [0.1, 0.15) is 19.4 Å². The lowest BCUT2D eigenvalue weighted by atomic mass is 10.1. The topological polar surface area (TPSA) is 38.8 Å². The van der Waals surface area contributed by atoms with E-state index < -0.39 is 5.82 Å². The molecule has 2 aromatic carbocycles. The number of amides is 1.